The monoisotopic (exact) mass is 494 g/mol. The molecule has 1 aliphatic rings. The number of hydrogen-bond acceptors (Lipinski definition) is 1. The Labute approximate surface area is 200 Å². The molecule has 0 unspecified atom stereocenters. The number of hydrogen-bond donors (Lipinski definition) is 1. The number of aromatic amines is 1. The number of carbonyl (C=O) groups excluding carboxylic acids is 1. The zero-order chi connectivity index (χ0) is 23.0. The van der Waals surface area contributed by atoms with Crippen molar-refractivity contribution in [3.05, 3.63) is 57.1 Å². The zero-order valence-corrected chi connectivity index (χ0v) is 21.7. The van der Waals surface area contributed by atoms with Crippen LogP contribution in [0, 0.1) is 13.8 Å². The van der Waals surface area contributed by atoms with Gasteiger partial charge >= 0.3 is 0 Å². The summed E-state index contributed by atoms with van der Waals surface area (Å²) in [6.07, 6.45) is 5.54. The Morgan fingerprint density at radius 1 is 1.06 bits per heavy atom. The van der Waals surface area contributed by atoms with Gasteiger partial charge in [-0.1, -0.05) is 30.5 Å². The molecule has 3 nitrogen and oxygen atoms in total. The Hall–Kier alpha value is -2.07. The van der Waals surface area contributed by atoms with E-state index < -0.39 is 5.41 Å². The molecule has 2 aromatic carbocycles. The van der Waals surface area contributed by atoms with E-state index in [1.54, 1.807) is 0 Å². The Kier molecular flexibility index (Phi) is 6.53. The maximum atomic E-state index is 13.4. The second-order valence-corrected chi connectivity index (χ2v) is 10.8. The number of fused-ring (bicyclic) bond motifs is 1. The maximum Gasteiger partial charge on any atom is 0.232 e. The lowest BCUT2D eigenvalue weighted by Gasteiger charge is -2.30. The van der Waals surface area contributed by atoms with Gasteiger partial charge in [0.15, 0.2) is 0 Å². The molecule has 1 fully saturated rings. The number of unbranched alkanes of at least 4 members (excludes halogenated alkanes) is 1. The van der Waals surface area contributed by atoms with Gasteiger partial charge in [-0.05, 0) is 110 Å². The number of benzene rings is 2. The second-order valence-electron chi connectivity index (χ2n) is 9.96. The minimum atomic E-state index is -0.555. The maximum absolute atomic E-state index is 13.4. The highest BCUT2D eigenvalue weighted by Crippen LogP contribution is 2.39. The van der Waals surface area contributed by atoms with Crippen LogP contribution in [-0.4, -0.2) is 28.9 Å². The third-order valence-electron chi connectivity index (χ3n) is 6.91. The van der Waals surface area contributed by atoms with E-state index >= 15 is 0 Å². The molecule has 3 aromatic rings. The van der Waals surface area contributed by atoms with Gasteiger partial charge in [0.2, 0.25) is 5.91 Å². The predicted octanol–water partition coefficient (Wildman–Crippen LogP) is 7.46. The van der Waals surface area contributed by atoms with Crippen LogP contribution in [-0.2, 0) is 16.6 Å². The molecule has 32 heavy (non-hydrogen) atoms. The van der Waals surface area contributed by atoms with Crippen LogP contribution in [0.5, 0.6) is 0 Å². The Morgan fingerprint density at radius 2 is 1.72 bits per heavy atom. The molecule has 1 aliphatic heterocycles. The highest BCUT2D eigenvalue weighted by molar-refractivity contribution is 9.10. The summed E-state index contributed by atoms with van der Waals surface area (Å²) >= 11 is 3.83. The molecule has 170 valence electrons. The topological polar surface area (TPSA) is 36.1 Å². The van der Waals surface area contributed by atoms with Gasteiger partial charge in [-0.3, -0.25) is 4.79 Å². The molecule has 1 aromatic heterocycles. The third kappa shape index (κ3) is 4.26. The summed E-state index contributed by atoms with van der Waals surface area (Å²) in [6.45, 7) is 12.5. The standard InChI is InChI=1S/C28H35BrN2O/c1-6-7-10-22-23-16-21(28(4,5)27(32)31-11-8-9-12-31)17-24(29)26(23)30-25(22)20-14-18(2)13-19(3)15-20/h13-17,30H,6-12H2,1-5H3. The first kappa shape index (κ1) is 23.1. The first-order valence-electron chi connectivity index (χ1n) is 11.9. The molecular weight excluding hydrogens is 460 g/mol. The quantitative estimate of drug-likeness (QED) is 0.379. The third-order valence-corrected chi connectivity index (χ3v) is 7.53. The van der Waals surface area contributed by atoms with Crippen molar-refractivity contribution in [3.8, 4) is 11.3 Å². The number of aryl methyl sites for hydroxylation is 3. The molecule has 0 spiro atoms. The molecule has 1 amide bonds. The number of amides is 1. The summed E-state index contributed by atoms with van der Waals surface area (Å²) in [5.41, 5.74) is 8.01. The summed E-state index contributed by atoms with van der Waals surface area (Å²) in [5.74, 6) is 0.237. The van der Waals surface area contributed by atoms with Crippen molar-refractivity contribution < 1.29 is 4.79 Å². The van der Waals surface area contributed by atoms with Crippen LogP contribution in [0.25, 0.3) is 22.2 Å². The average molecular weight is 496 g/mol. The Morgan fingerprint density at radius 3 is 2.34 bits per heavy atom. The minimum Gasteiger partial charge on any atom is -0.353 e. The number of nitrogens with zero attached hydrogens (tertiary/aromatic N) is 1. The Bertz CT molecular complexity index is 1130. The van der Waals surface area contributed by atoms with E-state index in [9.17, 15) is 4.79 Å². The zero-order valence-electron chi connectivity index (χ0n) is 20.1. The summed E-state index contributed by atoms with van der Waals surface area (Å²) in [6, 6.07) is 11.2. The molecule has 0 aliphatic carbocycles. The van der Waals surface area contributed by atoms with Crippen molar-refractivity contribution in [2.75, 3.05) is 13.1 Å². The molecule has 1 N–H and O–H groups in total. The van der Waals surface area contributed by atoms with E-state index in [0.29, 0.717) is 0 Å². The average Bonchev–Trinajstić information content (AvgIpc) is 3.39. The van der Waals surface area contributed by atoms with E-state index in [1.807, 2.05) is 4.90 Å². The molecule has 4 rings (SSSR count). The molecule has 0 saturated carbocycles. The predicted molar refractivity (Wildman–Crippen MR) is 138 cm³/mol. The first-order valence-corrected chi connectivity index (χ1v) is 12.7. The van der Waals surface area contributed by atoms with Crippen LogP contribution in [0.1, 0.15) is 68.7 Å². The highest BCUT2D eigenvalue weighted by atomic mass is 79.9. The molecule has 4 heteroatoms. The van der Waals surface area contributed by atoms with Gasteiger partial charge in [0, 0.05) is 28.6 Å². The van der Waals surface area contributed by atoms with E-state index in [4.69, 9.17) is 0 Å². The van der Waals surface area contributed by atoms with Crippen LogP contribution < -0.4 is 0 Å². The number of nitrogens with one attached hydrogen (secondary N) is 1. The van der Waals surface area contributed by atoms with E-state index in [0.717, 1.165) is 60.7 Å². The lowest BCUT2D eigenvalue weighted by atomic mass is 9.82. The number of rotatable bonds is 6. The lowest BCUT2D eigenvalue weighted by Crippen LogP contribution is -2.41. The SMILES string of the molecule is CCCCc1c(-c2cc(C)cc(C)c2)[nH]c2c(Br)cc(C(C)(C)C(=O)N3CCCC3)cc12. The number of likely N-dealkylation sites (tertiary alicyclic amines) is 1. The van der Waals surface area contributed by atoms with Crippen LogP contribution in [0.2, 0.25) is 0 Å². The van der Waals surface area contributed by atoms with E-state index in [-0.39, 0.29) is 5.91 Å². The fourth-order valence-electron chi connectivity index (χ4n) is 5.09. The van der Waals surface area contributed by atoms with Gasteiger partial charge in [-0.25, -0.2) is 0 Å². The van der Waals surface area contributed by atoms with Crippen molar-refractivity contribution in [1.29, 1.82) is 0 Å². The largest absolute Gasteiger partial charge is 0.353 e. The van der Waals surface area contributed by atoms with Crippen LogP contribution in [0.4, 0.5) is 0 Å². The molecule has 0 atom stereocenters. The minimum absolute atomic E-state index is 0.237. The molecule has 2 heterocycles. The van der Waals surface area contributed by atoms with Crippen molar-refractivity contribution in [1.82, 2.24) is 9.88 Å². The van der Waals surface area contributed by atoms with Gasteiger partial charge in [0.1, 0.15) is 0 Å². The van der Waals surface area contributed by atoms with Crippen molar-refractivity contribution in [3.63, 3.8) is 0 Å². The van der Waals surface area contributed by atoms with E-state index in [1.165, 1.54) is 33.3 Å². The number of halogens is 1. The fourth-order valence-corrected chi connectivity index (χ4v) is 5.64. The number of aromatic nitrogens is 1. The van der Waals surface area contributed by atoms with Crippen LogP contribution in [0.15, 0.2) is 34.8 Å². The second kappa shape index (κ2) is 9.05. The van der Waals surface area contributed by atoms with Crippen molar-refractivity contribution >= 4 is 32.7 Å². The number of carbonyl (C=O) groups is 1. The molecular formula is C28H35BrN2O. The normalized spacial score (nSPS) is 14.5. The first-order chi connectivity index (χ1) is 15.2. The lowest BCUT2D eigenvalue weighted by molar-refractivity contribution is -0.135. The van der Waals surface area contributed by atoms with Crippen molar-refractivity contribution in [2.24, 2.45) is 0 Å². The van der Waals surface area contributed by atoms with Gasteiger partial charge in [0.25, 0.3) is 0 Å². The van der Waals surface area contributed by atoms with Gasteiger partial charge in [0.05, 0.1) is 10.9 Å². The van der Waals surface area contributed by atoms with Gasteiger partial charge < -0.3 is 9.88 Å². The molecule has 0 bridgehead atoms. The number of H-pyrrole nitrogens is 1. The summed E-state index contributed by atoms with van der Waals surface area (Å²) in [5, 5.41) is 1.24. The van der Waals surface area contributed by atoms with Crippen LogP contribution in [0.3, 0.4) is 0 Å². The smallest absolute Gasteiger partial charge is 0.232 e. The summed E-state index contributed by atoms with van der Waals surface area (Å²) < 4.78 is 1.03. The van der Waals surface area contributed by atoms with E-state index in [2.05, 4.69) is 85.9 Å². The van der Waals surface area contributed by atoms with Gasteiger partial charge in [-0.15, -0.1) is 0 Å². The fraction of sp³-hybridized carbons (Fsp3) is 0.464. The van der Waals surface area contributed by atoms with Crippen LogP contribution >= 0.6 is 15.9 Å². The molecule has 0 radical (unpaired) electrons. The Balaban J connectivity index is 1.87. The van der Waals surface area contributed by atoms with Gasteiger partial charge in [-0.2, -0.15) is 0 Å². The highest BCUT2D eigenvalue weighted by Gasteiger charge is 2.35. The summed E-state index contributed by atoms with van der Waals surface area (Å²) in [7, 11) is 0. The summed E-state index contributed by atoms with van der Waals surface area (Å²) in [4.78, 5) is 19.1. The molecule has 1 saturated heterocycles. The van der Waals surface area contributed by atoms with Crippen molar-refractivity contribution in [2.45, 2.75) is 72.1 Å².